The summed E-state index contributed by atoms with van der Waals surface area (Å²) >= 11 is 1.57. The topological polar surface area (TPSA) is 26.0 Å². The van der Waals surface area contributed by atoms with Gasteiger partial charge in [0.25, 0.3) is 0 Å². The van der Waals surface area contributed by atoms with Crippen molar-refractivity contribution < 1.29 is 8.78 Å². The SMILES string of the molecule is NC1CCCC1CCSc1ccc(F)c(F)c1. The minimum atomic E-state index is -0.785. The van der Waals surface area contributed by atoms with E-state index >= 15 is 0 Å². The Labute approximate surface area is 105 Å². The highest BCUT2D eigenvalue weighted by atomic mass is 32.2. The summed E-state index contributed by atoms with van der Waals surface area (Å²) in [6.07, 6.45) is 4.62. The maximum atomic E-state index is 13.0. The largest absolute Gasteiger partial charge is 0.327 e. The molecule has 0 saturated heterocycles. The van der Waals surface area contributed by atoms with Crippen molar-refractivity contribution in [1.82, 2.24) is 0 Å². The van der Waals surface area contributed by atoms with Crippen molar-refractivity contribution >= 4 is 11.8 Å². The molecule has 4 heteroatoms. The quantitative estimate of drug-likeness (QED) is 0.834. The summed E-state index contributed by atoms with van der Waals surface area (Å²) in [6.45, 7) is 0. The second-order valence-electron chi connectivity index (χ2n) is 4.57. The van der Waals surface area contributed by atoms with Gasteiger partial charge in [0.05, 0.1) is 0 Å². The Balaban J connectivity index is 1.79. The zero-order valence-electron chi connectivity index (χ0n) is 9.66. The van der Waals surface area contributed by atoms with E-state index in [2.05, 4.69) is 0 Å². The fraction of sp³-hybridized carbons (Fsp3) is 0.538. The van der Waals surface area contributed by atoms with E-state index in [-0.39, 0.29) is 0 Å². The zero-order valence-corrected chi connectivity index (χ0v) is 10.5. The molecule has 0 radical (unpaired) electrons. The number of benzene rings is 1. The van der Waals surface area contributed by atoms with Crippen molar-refractivity contribution in [2.24, 2.45) is 11.7 Å². The van der Waals surface area contributed by atoms with Gasteiger partial charge in [-0.3, -0.25) is 0 Å². The van der Waals surface area contributed by atoms with Crippen LogP contribution in [0.5, 0.6) is 0 Å². The molecule has 1 aromatic rings. The molecule has 0 aromatic heterocycles. The van der Waals surface area contributed by atoms with Crippen LogP contribution < -0.4 is 5.73 Å². The first kappa shape index (κ1) is 12.8. The Kier molecular flexibility index (Phi) is 4.40. The van der Waals surface area contributed by atoms with Gasteiger partial charge in [-0.15, -0.1) is 11.8 Å². The molecule has 0 bridgehead atoms. The highest BCUT2D eigenvalue weighted by Gasteiger charge is 2.23. The first-order chi connectivity index (χ1) is 8.16. The highest BCUT2D eigenvalue weighted by molar-refractivity contribution is 7.99. The molecule has 0 heterocycles. The van der Waals surface area contributed by atoms with Crippen LogP contribution in [-0.2, 0) is 0 Å². The molecule has 2 rings (SSSR count). The molecule has 94 valence electrons. The van der Waals surface area contributed by atoms with E-state index in [0.717, 1.165) is 23.5 Å². The molecule has 17 heavy (non-hydrogen) atoms. The lowest BCUT2D eigenvalue weighted by molar-refractivity contribution is 0.470. The second kappa shape index (κ2) is 5.83. The molecule has 1 aliphatic rings. The van der Waals surface area contributed by atoms with Crippen molar-refractivity contribution in [3.05, 3.63) is 29.8 Å². The number of thioether (sulfide) groups is 1. The van der Waals surface area contributed by atoms with E-state index in [0.29, 0.717) is 12.0 Å². The number of rotatable bonds is 4. The normalized spacial score (nSPS) is 24.2. The molecule has 1 aromatic carbocycles. The average Bonchev–Trinajstić information content (AvgIpc) is 2.70. The predicted octanol–water partition coefficient (Wildman–Crippen LogP) is 3.57. The van der Waals surface area contributed by atoms with Gasteiger partial charge in [0.15, 0.2) is 11.6 Å². The average molecular weight is 257 g/mol. The molecule has 0 spiro atoms. The lowest BCUT2D eigenvalue weighted by atomic mass is 10.0. The van der Waals surface area contributed by atoms with Gasteiger partial charge in [-0.1, -0.05) is 6.42 Å². The third kappa shape index (κ3) is 3.42. The third-order valence-corrected chi connectivity index (χ3v) is 4.39. The molecule has 0 aliphatic heterocycles. The molecule has 2 atom stereocenters. The molecule has 2 N–H and O–H groups in total. The molecular formula is C13H17F2NS. The Bertz CT molecular complexity index is 384. The lowest BCUT2D eigenvalue weighted by Crippen LogP contribution is -2.24. The Morgan fingerprint density at radius 3 is 2.71 bits per heavy atom. The Morgan fingerprint density at radius 2 is 2.06 bits per heavy atom. The summed E-state index contributed by atoms with van der Waals surface area (Å²) in [5, 5.41) is 0. The van der Waals surface area contributed by atoms with Crippen LogP contribution in [0.2, 0.25) is 0 Å². The van der Waals surface area contributed by atoms with E-state index < -0.39 is 11.6 Å². The first-order valence-electron chi connectivity index (χ1n) is 6.00. The maximum absolute atomic E-state index is 13.0. The molecule has 2 unspecified atom stereocenters. The van der Waals surface area contributed by atoms with Gasteiger partial charge in [0.2, 0.25) is 0 Å². The smallest absolute Gasteiger partial charge is 0.159 e. The fourth-order valence-corrected chi connectivity index (χ4v) is 3.33. The third-order valence-electron chi connectivity index (χ3n) is 3.37. The van der Waals surface area contributed by atoms with Crippen LogP contribution in [0, 0.1) is 17.6 Å². The molecule has 1 saturated carbocycles. The fourth-order valence-electron chi connectivity index (χ4n) is 2.32. The van der Waals surface area contributed by atoms with Gasteiger partial charge < -0.3 is 5.73 Å². The van der Waals surface area contributed by atoms with Gasteiger partial charge in [-0.25, -0.2) is 8.78 Å². The van der Waals surface area contributed by atoms with Crippen LogP contribution >= 0.6 is 11.8 Å². The van der Waals surface area contributed by atoms with E-state index in [1.165, 1.54) is 25.0 Å². The van der Waals surface area contributed by atoms with E-state index in [9.17, 15) is 8.78 Å². The summed E-state index contributed by atoms with van der Waals surface area (Å²) in [4.78, 5) is 0.787. The van der Waals surface area contributed by atoms with Gasteiger partial charge in [-0.2, -0.15) is 0 Å². The molecule has 1 nitrogen and oxygen atoms in total. The van der Waals surface area contributed by atoms with Gasteiger partial charge in [0.1, 0.15) is 0 Å². The molecule has 1 fully saturated rings. The minimum Gasteiger partial charge on any atom is -0.327 e. The number of hydrogen-bond acceptors (Lipinski definition) is 2. The Morgan fingerprint density at radius 1 is 1.24 bits per heavy atom. The van der Waals surface area contributed by atoms with Crippen LogP contribution in [-0.4, -0.2) is 11.8 Å². The summed E-state index contributed by atoms with van der Waals surface area (Å²) in [5.41, 5.74) is 5.98. The molecular weight excluding hydrogens is 240 g/mol. The number of nitrogens with two attached hydrogens (primary N) is 1. The summed E-state index contributed by atoms with van der Waals surface area (Å²) < 4.78 is 25.7. The van der Waals surface area contributed by atoms with E-state index in [1.54, 1.807) is 17.8 Å². The van der Waals surface area contributed by atoms with Crippen molar-refractivity contribution in [3.63, 3.8) is 0 Å². The van der Waals surface area contributed by atoms with E-state index in [1.807, 2.05) is 0 Å². The van der Waals surface area contributed by atoms with Crippen LogP contribution in [0.3, 0.4) is 0 Å². The Hall–Kier alpha value is -0.610. The molecule has 1 aliphatic carbocycles. The standard InChI is InChI=1S/C13H17F2NS/c14-11-5-4-10(8-12(11)15)17-7-6-9-2-1-3-13(9)16/h4-5,8-9,13H,1-3,6-7,16H2. The van der Waals surface area contributed by atoms with Crippen molar-refractivity contribution in [3.8, 4) is 0 Å². The molecule has 0 amide bonds. The van der Waals surface area contributed by atoms with Gasteiger partial charge in [0, 0.05) is 10.9 Å². The summed E-state index contributed by atoms with van der Waals surface area (Å²) in [5.74, 6) is -0.0313. The second-order valence-corrected chi connectivity index (χ2v) is 5.74. The van der Waals surface area contributed by atoms with Crippen molar-refractivity contribution in [2.75, 3.05) is 5.75 Å². The summed E-state index contributed by atoms with van der Waals surface area (Å²) in [7, 11) is 0. The van der Waals surface area contributed by atoms with Gasteiger partial charge >= 0.3 is 0 Å². The first-order valence-corrected chi connectivity index (χ1v) is 6.99. The van der Waals surface area contributed by atoms with E-state index in [4.69, 9.17) is 5.73 Å². The van der Waals surface area contributed by atoms with Gasteiger partial charge in [-0.05, 0) is 49.1 Å². The minimum absolute atomic E-state index is 0.334. The zero-order chi connectivity index (χ0) is 12.3. The number of hydrogen-bond donors (Lipinski definition) is 1. The predicted molar refractivity (Wildman–Crippen MR) is 67.0 cm³/mol. The van der Waals surface area contributed by atoms with Crippen LogP contribution in [0.1, 0.15) is 25.7 Å². The maximum Gasteiger partial charge on any atom is 0.159 e. The van der Waals surface area contributed by atoms with Crippen LogP contribution in [0.4, 0.5) is 8.78 Å². The van der Waals surface area contributed by atoms with Crippen LogP contribution in [0.15, 0.2) is 23.1 Å². The van der Waals surface area contributed by atoms with Crippen molar-refractivity contribution in [1.29, 1.82) is 0 Å². The highest BCUT2D eigenvalue weighted by Crippen LogP contribution is 2.30. The lowest BCUT2D eigenvalue weighted by Gasteiger charge is -2.14. The monoisotopic (exact) mass is 257 g/mol. The van der Waals surface area contributed by atoms with Crippen LogP contribution in [0.25, 0.3) is 0 Å². The van der Waals surface area contributed by atoms with Crippen molar-refractivity contribution in [2.45, 2.75) is 36.6 Å². The number of halogens is 2. The summed E-state index contributed by atoms with van der Waals surface area (Å²) in [6, 6.07) is 4.39.